The summed E-state index contributed by atoms with van der Waals surface area (Å²) in [6.07, 6.45) is 6.84. The second kappa shape index (κ2) is 7.16. The summed E-state index contributed by atoms with van der Waals surface area (Å²) < 4.78 is 17.3. The lowest BCUT2D eigenvalue weighted by atomic mass is 10.2. The largest absolute Gasteiger partial charge is 0.376 e. The lowest BCUT2D eigenvalue weighted by molar-refractivity contribution is -0.128. The minimum Gasteiger partial charge on any atom is -0.376 e. The fraction of sp³-hybridized carbons (Fsp3) is 0.235. The zero-order valence-corrected chi connectivity index (χ0v) is 14.1. The van der Waals surface area contributed by atoms with Crippen LogP contribution in [-0.2, 0) is 18.4 Å². The lowest BCUT2D eigenvalue weighted by Gasteiger charge is -2.17. The molecule has 1 aromatic carbocycles. The van der Waals surface area contributed by atoms with Gasteiger partial charge in [-0.25, -0.2) is 9.07 Å². The van der Waals surface area contributed by atoms with Crippen molar-refractivity contribution in [3.05, 3.63) is 60.4 Å². The summed E-state index contributed by atoms with van der Waals surface area (Å²) in [5.41, 5.74) is 1.85. The van der Waals surface area contributed by atoms with Crippen molar-refractivity contribution in [2.45, 2.75) is 6.54 Å². The average molecular weight is 342 g/mol. The van der Waals surface area contributed by atoms with Crippen LogP contribution in [0.2, 0.25) is 0 Å². The number of aromatic nitrogens is 4. The number of aryl methyl sites for hydroxylation is 1. The molecule has 3 aromatic rings. The van der Waals surface area contributed by atoms with Gasteiger partial charge in [0.15, 0.2) is 5.82 Å². The van der Waals surface area contributed by atoms with E-state index in [-0.39, 0.29) is 12.5 Å². The molecule has 0 atom stereocenters. The van der Waals surface area contributed by atoms with Gasteiger partial charge in [0.05, 0.1) is 12.7 Å². The number of carbonyl (C=O) groups excluding carboxylic acids is 1. The molecule has 0 unspecified atom stereocenters. The number of anilines is 1. The Morgan fingerprint density at radius 1 is 1.36 bits per heavy atom. The minimum atomic E-state index is -0.412. The van der Waals surface area contributed by atoms with Crippen LogP contribution in [0.25, 0.3) is 5.69 Å². The highest BCUT2D eigenvalue weighted by Crippen LogP contribution is 2.17. The van der Waals surface area contributed by atoms with Gasteiger partial charge < -0.3 is 10.2 Å². The van der Waals surface area contributed by atoms with E-state index in [2.05, 4.69) is 15.5 Å². The normalized spacial score (nSPS) is 10.7. The molecule has 25 heavy (non-hydrogen) atoms. The van der Waals surface area contributed by atoms with E-state index < -0.39 is 5.82 Å². The van der Waals surface area contributed by atoms with Crippen molar-refractivity contribution >= 4 is 11.6 Å². The number of rotatable bonds is 6. The molecule has 0 aliphatic heterocycles. The molecular weight excluding hydrogens is 323 g/mol. The summed E-state index contributed by atoms with van der Waals surface area (Å²) >= 11 is 0. The summed E-state index contributed by atoms with van der Waals surface area (Å²) in [6.45, 7) is 0.554. The van der Waals surface area contributed by atoms with E-state index in [0.29, 0.717) is 17.9 Å². The highest BCUT2D eigenvalue weighted by Gasteiger charge is 2.11. The second-order valence-electron chi connectivity index (χ2n) is 5.74. The highest BCUT2D eigenvalue weighted by molar-refractivity contribution is 5.80. The van der Waals surface area contributed by atoms with Crippen LogP contribution in [0.1, 0.15) is 5.56 Å². The fourth-order valence-corrected chi connectivity index (χ4v) is 2.44. The maximum absolute atomic E-state index is 14.2. The number of hydrogen-bond donors (Lipinski definition) is 1. The third-order valence-electron chi connectivity index (χ3n) is 3.75. The van der Waals surface area contributed by atoms with Crippen LogP contribution < -0.4 is 5.32 Å². The van der Waals surface area contributed by atoms with Crippen LogP contribution in [0.4, 0.5) is 10.1 Å². The molecule has 2 aromatic heterocycles. The molecule has 0 spiro atoms. The fourth-order valence-electron chi connectivity index (χ4n) is 2.44. The zero-order valence-electron chi connectivity index (χ0n) is 14.1. The maximum atomic E-state index is 14.2. The summed E-state index contributed by atoms with van der Waals surface area (Å²) in [6, 6.07) is 6.41. The standard InChI is InChI=1S/C17H19FN6O/c1-22(11-13-9-21-23(2)12-13)17(25)10-19-14-4-5-16(15(18)8-14)24-7-3-6-20-24/h3-9,12,19H,10-11H2,1-2H3. The predicted octanol–water partition coefficient (Wildman–Crippen LogP) is 1.82. The SMILES string of the molecule is CN(Cc1cnn(C)c1)C(=O)CNc1ccc(-n2cccn2)c(F)c1. The average Bonchev–Trinajstić information content (AvgIpc) is 3.24. The van der Waals surface area contributed by atoms with Crippen LogP contribution in [0.3, 0.4) is 0 Å². The van der Waals surface area contributed by atoms with E-state index in [1.807, 2.05) is 13.2 Å². The van der Waals surface area contributed by atoms with Gasteiger partial charge in [-0.2, -0.15) is 10.2 Å². The Hall–Kier alpha value is -3.16. The van der Waals surface area contributed by atoms with Crippen LogP contribution in [-0.4, -0.2) is 44.0 Å². The molecule has 0 fully saturated rings. The quantitative estimate of drug-likeness (QED) is 0.742. The Bertz CT molecular complexity index is 858. The highest BCUT2D eigenvalue weighted by atomic mass is 19.1. The van der Waals surface area contributed by atoms with Crippen molar-refractivity contribution < 1.29 is 9.18 Å². The van der Waals surface area contributed by atoms with Crippen molar-refractivity contribution in [2.75, 3.05) is 18.9 Å². The molecule has 1 amide bonds. The molecule has 0 radical (unpaired) electrons. The van der Waals surface area contributed by atoms with Crippen LogP contribution in [0.5, 0.6) is 0 Å². The molecule has 2 heterocycles. The summed E-state index contributed by atoms with van der Waals surface area (Å²) in [7, 11) is 3.55. The maximum Gasteiger partial charge on any atom is 0.241 e. The smallest absolute Gasteiger partial charge is 0.241 e. The number of benzene rings is 1. The number of carbonyl (C=O) groups is 1. The number of nitrogens with zero attached hydrogens (tertiary/aromatic N) is 5. The van der Waals surface area contributed by atoms with E-state index >= 15 is 0 Å². The first-order valence-electron chi connectivity index (χ1n) is 7.78. The molecule has 3 rings (SSSR count). The predicted molar refractivity (Wildman–Crippen MR) is 91.7 cm³/mol. The van der Waals surface area contributed by atoms with E-state index in [1.54, 1.807) is 53.4 Å². The third-order valence-corrected chi connectivity index (χ3v) is 3.75. The number of hydrogen-bond acceptors (Lipinski definition) is 4. The number of likely N-dealkylation sites (N-methyl/N-ethyl adjacent to an activating group) is 1. The van der Waals surface area contributed by atoms with Gasteiger partial charge in [0.25, 0.3) is 0 Å². The van der Waals surface area contributed by atoms with Gasteiger partial charge in [0.1, 0.15) is 5.69 Å². The lowest BCUT2D eigenvalue weighted by Crippen LogP contribution is -2.31. The van der Waals surface area contributed by atoms with Crippen molar-refractivity contribution in [3.8, 4) is 5.69 Å². The van der Waals surface area contributed by atoms with Gasteiger partial charge in [-0.05, 0) is 24.3 Å². The molecule has 0 aliphatic rings. The zero-order chi connectivity index (χ0) is 17.8. The molecule has 1 N–H and O–H groups in total. The molecule has 0 saturated carbocycles. The first-order chi connectivity index (χ1) is 12.0. The Morgan fingerprint density at radius 3 is 2.84 bits per heavy atom. The number of nitrogens with one attached hydrogen (secondary N) is 1. The summed E-state index contributed by atoms with van der Waals surface area (Å²) in [5.74, 6) is -0.509. The van der Waals surface area contributed by atoms with Crippen LogP contribution in [0.15, 0.2) is 49.1 Å². The first kappa shape index (κ1) is 16.7. The third kappa shape index (κ3) is 4.03. The summed E-state index contributed by atoms with van der Waals surface area (Å²) in [5, 5.41) is 11.0. The molecule has 130 valence electrons. The number of amides is 1. The molecule has 0 aliphatic carbocycles. The van der Waals surface area contributed by atoms with Crippen molar-refractivity contribution in [1.29, 1.82) is 0 Å². The van der Waals surface area contributed by atoms with Gasteiger partial charge in [-0.1, -0.05) is 0 Å². The second-order valence-corrected chi connectivity index (χ2v) is 5.74. The van der Waals surface area contributed by atoms with E-state index in [0.717, 1.165) is 5.56 Å². The molecule has 0 saturated heterocycles. The van der Waals surface area contributed by atoms with Gasteiger partial charge >= 0.3 is 0 Å². The van der Waals surface area contributed by atoms with Gasteiger partial charge in [-0.3, -0.25) is 9.48 Å². The Balaban J connectivity index is 1.57. The molecule has 0 bridgehead atoms. The van der Waals surface area contributed by atoms with E-state index in [4.69, 9.17) is 0 Å². The Labute approximate surface area is 144 Å². The van der Waals surface area contributed by atoms with E-state index in [9.17, 15) is 9.18 Å². The van der Waals surface area contributed by atoms with Crippen molar-refractivity contribution in [1.82, 2.24) is 24.5 Å². The van der Waals surface area contributed by atoms with Crippen LogP contribution >= 0.6 is 0 Å². The summed E-state index contributed by atoms with van der Waals surface area (Å²) in [4.78, 5) is 13.8. The van der Waals surface area contributed by atoms with Crippen LogP contribution in [0, 0.1) is 5.82 Å². The molecule has 7 nitrogen and oxygen atoms in total. The van der Waals surface area contributed by atoms with Crippen molar-refractivity contribution in [3.63, 3.8) is 0 Å². The van der Waals surface area contributed by atoms with E-state index in [1.165, 1.54) is 10.7 Å². The monoisotopic (exact) mass is 342 g/mol. The van der Waals surface area contributed by atoms with Gasteiger partial charge in [0.2, 0.25) is 5.91 Å². The topological polar surface area (TPSA) is 68.0 Å². The van der Waals surface area contributed by atoms with Gasteiger partial charge in [0, 0.05) is 50.5 Å². The molecular formula is C17H19FN6O. The van der Waals surface area contributed by atoms with Gasteiger partial charge in [-0.15, -0.1) is 0 Å². The number of halogens is 1. The van der Waals surface area contributed by atoms with Crippen molar-refractivity contribution in [2.24, 2.45) is 7.05 Å². The molecule has 8 heteroatoms. The Morgan fingerprint density at radius 2 is 2.20 bits per heavy atom. The Kier molecular flexibility index (Phi) is 4.78. The first-order valence-corrected chi connectivity index (χ1v) is 7.78. The minimum absolute atomic E-state index is 0.0807.